The zero-order valence-electron chi connectivity index (χ0n) is 9.56. The quantitative estimate of drug-likeness (QED) is 0.601. The largest absolute Gasteiger partial charge is 0.458 e. The van der Waals surface area contributed by atoms with Gasteiger partial charge in [0.1, 0.15) is 6.10 Å². The van der Waals surface area contributed by atoms with Gasteiger partial charge in [0.15, 0.2) is 10.8 Å². The molecule has 1 aliphatic carbocycles. The summed E-state index contributed by atoms with van der Waals surface area (Å²) in [5, 5.41) is 7.61. The van der Waals surface area contributed by atoms with Crippen LogP contribution in [0.5, 0.6) is 0 Å². The first kappa shape index (κ1) is 12.3. The van der Waals surface area contributed by atoms with Gasteiger partial charge in [-0.1, -0.05) is 24.4 Å². The molecule has 1 saturated carbocycles. The summed E-state index contributed by atoms with van der Waals surface area (Å²) < 4.78 is 5.41. The molecular weight excluding hydrogens is 240 g/mol. The Morgan fingerprint density at radius 1 is 1.18 bits per heavy atom. The van der Waals surface area contributed by atoms with Gasteiger partial charge in [-0.15, -0.1) is 10.2 Å². The molecule has 0 aromatic carbocycles. The van der Waals surface area contributed by atoms with E-state index in [9.17, 15) is 4.79 Å². The number of carbonyl (C=O) groups is 1. The van der Waals surface area contributed by atoms with Crippen LogP contribution in [0.25, 0.3) is 0 Å². The highest BCUT2D eigenvalue weighted by molar-refractivity contribution is 6.29. The molecule has 1 aliphatic rings. The van der Waals surface area contributed by atoms with Crippen molar-refractivity contribution >= 4 is 17.6 Å². The molecule has 0 radical (unpaired) electrons. The molecule has 0 aliphatic heterocycles. The van der Waals surface area contributed by atoms with Crippen LogP contribution in [0.2, 0.25) is 5.15 Å². The molecule has 1 aromatic rings. The number of esters is 1. The number of aromatic nitrogens is 2. The molecule has 1 aromatic heterocycles. The molecule has 1 heterocycles. The van der Waals surface area contributed by atoms with E-state index in [0.29, 0.717) is 0 Å². The van der Waals surface area contributed by atoms with Gasteiger partial charge < -0.3 is 4.74 Å². The lowest BCUT2D eigenvalue weighted by molar-refractivity contribution is 0.0259. The van der Waals surface area contributed by atoms with Crippen molar-refractivity contribution in [2.45, 2.75) is 44.6 Å². The van der Waals surface area contributed by atoms with Gasteiger partial charge in [-0.25, -0.2) is 4.79 Å². The van der Waals surface area contributed by atoms with Crippen LogP contribution in [0, 0.1) is 0 Å². The number of rotatable bonds is 2. The average molecular weight is 255 g/mol. The van der Waals surface area contributed by atoms with Crippen molar-refractivity contribution in [2.24, 2.45) is 0 Å². The Balaban J connectivity index is 1.93. The third-order valence-electron chi connectivity index (χ3n) is 2.92. The molecule has 0 spiro atoms. The van der Waals surface area contributed by atoms with E-state index in [1.165, 1.54) is 25.0 Å². The molecule has 92 valence electrons. The molecule has 0 atom stereocenters. The number of hydrogen-bond acceptors (Lipinski definition) is 4. The minimum absolute atomic E-state index is 0.0301. The molecular formula is C12H15ClN2O2. The second-order valence-electron chi connectivity index (χ2n) is 4.26. The summed E-state index contributed by atoms with van der Waals surface area (Å²) in [4.78, 5) is 11.8. The summed E-state index contributed by atoms with van der Waals surface area (Å²) in [5.74, 6) is -0.402. The van der Waals surface area contributed by atoms with Crippen LogP contribution in [0.3, 0.4) is 0 Å². The summed E-state index contributed by atoms with van der Waals surface area (Å²) in [6, 6.07) is 3.08. The van der Waals surface area contributed by atoms with E-state index in [2.05, 4.69) is 10.2 Å². The normalized spacial score (nSPS) is 17.5. The zero-order valence-corrected chi connectivity index (χ0v) is 10.3. The van der Waals surface area contributed by atoms with Gasteiger partial charge in [0.25, 0.3) is 0 Å². The van der Waals surface area contributed by atoms with E-state index in [-0.39, 0.29) is 17.0 Å². The standard InChI is InChI=1S/C12H15ClN2O2/c13-11-8-7-10(14-15-11)12(16)17-9-5-3-1-2-4-6-9/h7-9H,1-6H2. The van der Waals surface area contributed by atoms with Crippen molar-refractivity contribution < 1.29 is 9.53 Å². The molecule has 0 bridgehead atoms. The lowest BCUT2D eigenvalue weighted by Crippen LogP contribution is -2.18. The van der Waals surface area contributed by atoms with Crippen molar-refractivity contribution in [3.63, 3.8) is 0 Å². The van der Waals surface area contributed by atoms with Crippen LogP contribution in [0.4, 0.5) is 0 Å². The Morgan fingerprint density at radius 2 is 1.88 bits per heavy atom. The second-order valence-corrected chi connectivity index (χ2v) is 4.65. The van der Waals surface area contributed by atoms with E-state index in [1.54, 1.807) is 0 Å². The third kappa shape index (κ3) is 3.66. The van der Waals surface area contributed by atoms with Crippen molar-refractivity contribution in [1.82, 2.24) is 10.2 Å². The molecule has 0 N–H and O–H groups in total. The van der Waals surface area contributed by atoms with Crippen LogP contribution in [0.1, 0.15) is 49.0 Å². The number of halogens is 1. The Hall–Kier alpha value is -1.16. The zero-order chi connectivity index (χ0) is 12.1. The van der Waals surface area contributed by atoms with Crippen LogP contribution in [-0.2, 0) is 4.74 Å². The smallest absolute Gasteiger partial charge is 0.359 e. The van der Waals surface area contributed by atoms with Crippen molar-refractivity contribution in [3.8, 4) is 0 Å². The number of hydrogen-bond donors (Lipinski definition) is 0. The van der Waals surface area contributed by atoms with Crippen LogP contribution < -0.4 is 0 Å². The number of ether oxygens (including phenoxy) is 1. The monoisotopic (exact) mass is 254 g/mol. The third-order valence-corrected chi connectivity index (χ3v) is 3.12. The maximum absolute atomic E-state index is 11.8. The van der Waals surface area contributed by atoms with Gasteiger partial charge in [0, 0.05) is 0 Å². The Morgan fingerprint density at radius 3 is 2.47 bits per heavy atom. The highest BCUT2D eigenvalue weighted by Crippen LogP contribution is 2.20. The number of carbonyl (C=O) groups excluding carboxylic acids is 1. The topological polar surface area (TPSA) is 52.1 Å². The SMILES string of the molecule is O=C(OC1CCCCCC1)c1ccc(Cl)nn1. The molecule has 2 rings (SSSR count). The van der Waals surface area contributed by atoms with Gasteiger partial charge in [-0.3, -0.25) is 0 Å². The summed E-state index contributed by atoms with van der Waals surface area (Å²) in [6.45, 7) is 0. The van der Waals surface area contributed by atoms with Gasteiger partial charge in [0.2, 0.25) is 0 Å². The molecule has 0 unspecified atom stereocenters. The molecule has 0 saturated heterocycles. The molecule has 17 heavy (non-hydrogen) atoms. The lowest BCUT2D eigenvalue weighted by atomic mass is 10.1. The minimum Gasteiger partial charge on any atom is -0.458 e. The van der Waals surface area contributed by atoms with E-state index in [1.807, 2.05) is 0 Å². The predicted octanol–water partition coefficient (Wildman–Crippen LogP) is 3.01. The van der Waals surface area contributed by atoms with E-state index < -0.39 is 5.97 Å². The summed E-state index contributed by atoms with van der Waals surface area (Å²) >= 11 is 5.60. The van der Waals surface area contributed by atoms with Gasteiger partial charge in [0.05, 0.1) is 0 Å². The molecule has 0 amide bonds. The average Bonchev–Trinajstić information content (AvgIpc) is 2.58. The van der Waals surface area contributed by atoms with E-state index in [4.69, 9.17) is 16.3 Å². The fourth-order valence-corrected chi connectivity index (χ4v) is 2.10. The van der Waals surface area contributed by atoms with Gasteiger partial charge in [-0.2, -0.15) is 0 Å². The van der Waals surface area contributed by atoms with Crippen molar-refractivity contribution in [3.05, 3.63) is 23.0 Å². The Bertz CT molecular complexity index is 373. The van der Waals surface area contributed by atoms with E-state index >= 15 is 0 Å². The van der Waals surface area contributed by atoms with Crippen LogP contribution in [-0.4, -0.2) is 22.3 Å². The Labute approximate surface area is 105 Å². The van der Waals surface area contributed by atoms with Gasteiger partial charge >= 0.3 is 5.97 Å². The second kappa shape index (κ2) is 5.96. The van der Waals surface area contributed by atoms with Crippen molar-refractivity contribution in [2.75, 3.05) is 0 Å². The van der Waals surface area contributed by atoms with Crippen LogP contribution in [0.15, 0.2) is 12.1 Å². The lowest BCUT2D eigenvalue weighted by Gasteiger charge is -2.14. The van der Waals surface area contributed by atoms with Crippen molar-refractivity contribution in [1.29, 1.82) is 0 Å². The predicted molar refractivity (Wildman–Crippen MR) is 63.9 cm³/mol. The Kier molecular flexibility index (Phi) is 4.31. The first-order valence-corrected chi connectivity index (χ1v) is 6.34. The highest BCUT2D eigenvalue weighted by Gasteiger charge is 2.18. The minimum atomic E-state index is -0.402. The fraction of sp³-hybridized carbons (Fsp3) is 0.583. The van der Waals surface area contributed by atoms with E-state index in [0.717, 1.165) is 25.7 Å². The highest BCUT2D eigenvalue weighted by atomic mass is 35.5. The summed E-state index contributed by atoms with van der Waals surface area (Å²) in [6.07, 6.45) is 6.65. The molecule has 5 heteroatoms. The maximum Gasteiger partial charge on any atom is 0.359 e. The van der Waals surface area contributed by atoms with Crippen LogP contribution >= 0.6 is 11.6 Å². The maximum atomic E-state index is 11.8. The fourth-order valence-electron chi connectivity index (χ4n) is 2.00. The number of nitrogens with zero attached hydrogens (tertiary/aromatic N) is 2. The first-order chi connectivity index (χ1) is 8.25. The summed E-state index contributed by atoms with van der Waals surface area (Å²) in [7, 11) is 0. The summed E-state index contributed by atoms with van der Waals surface area (Å²) in [5.41, 5.74) is 0.221. The van der Waals surface area contributed by atoms with Gasteiger partial charge in [-0.05, 0) is 37.8 Å². The molecule has 1 fully saturated rings. The first-order valence-electron chi connectivity index (χ1n) is 5.96. The molecule has 4 nitrogen and oxygen atoms in total.